The summed E-state index contributed by atoms with van der Waals surface area (Å²) in [5.41, 5.74) is 6.10. The van der Waals surface area contributed by atoms with Gasteiger partial charge < -0.3 is 4.42 Å². The lowest BCUT2D eigenvalue weighted by Crippen LogP contribution is -2.35. The zero-order chi connectivity index (χ0) is 22.4. The quantitative estimate of drug-likeness (QED) is 0.338. The number of para-hydroxylation sites is 1. The van der Waals surface area contributed by atoms with E-state index in [1.807, 2.05) is 24.3 Å². The molecule has 0 amide bonds. The van der Waals surface area contributed by atoms with Gasteiger partial charge >= 0.3 is 0 Å². The van der Waals surface area contributed by atoms with Gasteiger partial charge in [0.2, 0.25) is 10.0 Å². The van der Waals surface area contributed by atoms with E-state index in [1.165, 1.54) is 24.0 Å². The zero-order valence-corrected chi connectivity index (χ0v) is 20.6. The summed E-state index contributed by atoms with van der Waals surface area (Å²) in [7, 11) is -3.56. The summed E-state index contributed by atoms with van der Waals surface area (Å²) in [6, 6.07) is 20.1. The van der Waals surface area contributed by atoms with Crippen LogP contribution in [0.3, 0.4) is 0 Å². The van der Waals surface area contributed by atoms with Crippen LogP contribution < -0.4 is 4.72 Å². The Labute approximate surface area is 206 Å². The van der Waals surface area contributed by atoms with E-state index in [2.05, 4.69) is 27.8 Å². The normalized spacial score (nSPS) is 17.7. The topological polar surface area (TPSA) is 62.6 Å². The highest BCUT2D eigenvalue weighted by Gasteiger charge is 2.32. The molecule has 1 atom stereocenters. The molecule has 0 saturated carbocycles. The minimum Gasteiger partial charge on any atom is -0.456 e. The Bertz CT molecular complexity index is 1450. The molecule has 0 radical (unpaired) electrons. The van der Waals surface area contributed by atoms with E-state index < -0.39 is 10.0 Å². The Balaban J connectivity index is 0.00000241. The number of nitrogens with one attached hydrogen (secondary N) is 1. The van der Waals surface area contributed by atoms with Crippen LogP contribution in [0.15, 0.2) is 70.0 Å². The van der Waals surface area contributed by atoms with Gasteiger partial charge in [-0.3, -0.25) is 4.90 Å². The van der Waals surface area contributed by atoms with E-state index in [0.717, 1.165) is 48.7 Å². The predicted octanol–water partition coefficient (Wildman–Crippen LogP) is 5.61. The Morgan fingerprint density at radius 2 is 1.71 bits per heavy atom. The van der Waals surface area contributed by atoms with Gasteiger partial charge in [0.1, 0.15) is 11.2 Å². The van der Waals surface area contributed by atoms with Crippen LogP contribution in [-0.2, 0) is 22.9 Å². The molecule has 1 aliphatic heterocycles. The Hall–Kier alpha value is -2.38. The molecule has 2 aliphatic rings. The maximum atomic E-state index is 12.9. The van der Waals surface area contributed by atoms with Gasteiger partial charge in [-0.1, -0.05) is 36.4 Å². The first-order valence-electron chi connectivity index (χ1n) is 11.9. The molecular weight excluding hydrogens is 468 g/mol. The molecule has 7 heteroatoms. The lowest BCUT2D eigenvalue weighted by molar-refractivity contribution is 0.182. The van der Waals surface area contributed by atoms with Crippen LogP contribution >= 0.6 is 12.4 Å². The number of hydrogen-bond donors (Lipinski definition) is 1. The SMILES string of the molecule is Cl.O=S(=O)(NCCCCN1CCc2cccc3c2C1CC3)c1ccc2oc3ccccc3c2c1. The average molecular weight is 497 g/mol. The van der Waals surface area contributed by atoms with Crippen LogP contribution in [0.25, 0.3) is 21.9 Å². The smallest absolute Gasteiger partial charge is 0.240 e. The zero-order valence-electron chi connectivity index (χ0n) is 19.0. The van der Waals surface area contributed by atoms with Crippen molar-refractivity contribution >= 4 is 44.4 Å². The number of nitrogens with zero attached hydrogens (tertiary/aromatic N) is 1. The number of rotatable bonds is 7. The Morgan fingerprint density at radius 1 is 0.912 bits per heavy atom. The van der Waals surface area contributed by atoms with Crippen molar-refractivity contribution in [3.8, 4) is 0 Å². The van der Waals surface area contributed by atoms with Crippen LogP contribution in [-0.4, -0.2) is 33.0 Å². The van der Waals surface area contributed by atoms with Crippen LogP contribution in [0.1, 0.15) is 42.0 Å². The number of sulfonamides is 1. The van der Waals surface area contributed by atoms with Crippen LogP contribution in [0.4, 0.5) is 0 Å². The van der Waals surface area contributed by atoms with E-state index in [9.17, 15) is 8.42 Å². The number of furan rings is 1. The van der Waals surface area contributed by atoms with Crippen molar-refractivity contribution in [2.24, 2.45) is 0 Å². The number of aryl methyl sites for hydroxylation is 1. The molecule has 3 aromatic carbocycles. The van der Waals surface area contributed by atoms with Gasteiger partial charge in [-0.05, 0) is 79.6 Å². The van der Waals surface area contributed by atoms with E-state index >= 15 is 0 Å². The molecule has 1 N–H and O–H groups in total. The summed E-state index contributed by atoms with van der Waals surface area (Å²) >= 11 is 0. The van der Waals surface area contributed by atoms with Crippen molar-refractivity contribution in [1.29, 1.82) is 0 Å². The molecule has 0 saturated heterocycles. The maximum Gasteiger partial charge on any atom is 0.240 e. The second-order valence-corrected chi connectivity index (χ2v) is 11.0. The van der Waals surface area contributed by atoms with E-state index in [4.69, 9.17) is 4.42 Å². The summed E-state index contributed by atoms with van der Waals surface area (Å²) in [6.07, 6.45) is 5.33. The van der Waals surface area contributed by atoms with Gasteiger partial charge in [0.05, 0.1) is 4.90 Å². The van der Waals surface area contributed by atoms with Crippen LogP contribution in [0.5, 0.6) is 0 Å². The number of benzene rings is 3. The molecule has 178 valence electrons. The third-order valence-corrected chi connectivity index (χ3v) is 8.70. The molecule has 34 heavy (non-hydrogen) atoms. The number of hydrogen-bond acceptors (Lipinski definition) is 4. The van der Waals surface area contributed by atoms with Gasteiger partial charge in [0, 0.05) is 29.9 Å². The molecule has 4 aromatic rings. The third kappa shape index (κ3) is 4.13. The predicted molar refractivity (Wildman–Crippen MR) is 138 cm³/mol. The first kappa shape index (κ1) is 23.4. The van der Waals surface area contributed by atoms with Crippen molar-refractivity contribution in [1.82, 2.24) is 9.62 Å². The number of fused-ring (bicyclic) bond motifs is 3. The fourth-order valence-corrected chi connectivity index (χ4v) is 6.72. The second kappa shape index (κ2) is 9.34. The molecule has 6 rings (SSSR count). The van der Waals surface area contributed by atoms with Crippen LogP contribution in [0, 0.1) is 0 Å². The lowest BCUT2D eigenvalue weighted by Gasteiger charge is -2.35. The summed E-state index contributed by atoms with van der Waals surface area (Å²) in [4.78, 5) is 2.89. The van der Waals surface area contributed by atoms with Crippen molar-refractivity contribution in [2.45, 2.75) is 43.0 Å². The highest BCUT2D eigenvalue weighted by atomic mass is 35.5. The fraction of sp³-hybridized carbons (Fsp3) is 0.333. The van der Waals surface area contributed by atoms with Crippen molar-refractivity contribution in [2.75, 3.05) is 19.6 Å². The molecule has 2 heterocycles. The molecular formula is C27H29ClN2O3S. The minimum absolute atomic E-state index is 0. The van der Waals surface area contributed by atoms with Crippen molar-refractivity contribution in [3.63, 3.8) is 0 Å². The molecule has 0 spiro atoms. The number of halogens is 1. The Kier molecular flexibility index (Phi) is 6.42. The van der Waals surface area contributed by atoms with E-state index in [1.54, 1.807) is 23.8 Å². The van der Waals surface area contributed by atoms with Gasteiger partial charge in [-0.2, -0.15) is 0 Å². The van der Waals surface area contributed by atoms with Crippen molar-refractivity contribution < 1.29 is 12.8 Å². The average Bonchev–Trinajstić information content (AvgIpc) is 3.43. The summed E-state index contributed by atoms with van der Waals surface area (Å²) in [5.74, 6) is 0. The van der Waals surface area contributed by atoms with Gasteiger partial charge in [-0.25, -0.2) is 13.1 Å². The molecule has 5 nitrogen and oxygen atoms in total. The van der Waals surface area contributed by atoms with Crippen molar-refractivity contribution in [3.05, 3.63) is 77.4 Å². The van der Waals surface area contributed by atoms with Gasteiger partial charge in [0.15, 0.2) is 0 Å². The minimum atomic E-state index is -3.56. The first-order chi connectivity index (χ1) is 16.1. The van der Waals surface area contributed by atoms with E-state index in [0.29, 0.717) is 18.2 Å². The summed E-state index contributed by atoms with van der Waals surface area (Å²) in [5, 5.41) is 1.76. The highest BCUT2D eigenvalue weighted by molar-refractivity contribution is 7.89. The molecule has 1 aromatic heterocycles. The van der Waals surface area contributed by atoms with E-state index in [-0.39, 0.29) is 17.3 Å². The summed E-state index contributed by atoms with van der Waals surface area (Å²) < 4.78 is 34.4. The fourth-order valence-electron chi connectivity index (χ4n) is 5.62. The van der Waals surface area contributed by atoms with Gasteiger partial charge in [-0.15, -0.1) is 12.4 Å². The maximum absolute atomic E-state index is 12.9. The molecule has 0 fully saturated rings. The number of unbranched alkanes of at least 4 members (excludes halogenated alkanes) is 1. The van der Waals surface area contributed by atoms with Gasteiger partial charge in [0.25, 0.3) is 0 Å². The first-order valence-corrected chi connectivity index (χ1v) is 13.3. The molecule has 0 bridgehead atoms. The Morgan fingerprint density at radius 3 is 2.59 bits per heavy atom. The largest absolute Gasteiger partial charge is 0.456 e. The third-order valence-electron chi connectivity index (χ3n) is 7.24. The lowest BCUT2D eigenvalue weighted by atomic mass is 9.93. The monoisotopic (exact) mass is 496 g/mol. The molecule has 1 aliphatic carbocycles. The summed E-state index contributed by atoms with van der Waals surface area (Å²) in [6.45, 7) is 2.57. The standard InChI is InChI=1S/C27H28N2O3S.ClH/c30-33(31,21-11-13-26-23(18-21)22-8-1-2-9-25(22)32-26)28-15-3-4-16-29-17-14-20-7-5-6-19-10-12-24(29)27(19)20;/h1-2,5-9,11,13,18,24,28H,3-4,10,12,14-17H2;1H. The highest BCUT2D eigenvalue weighted by Crippen LogP contribution is 2.41. The second-order valence-electron chi connectivity index (χ2n) is 9.19. The molecule has 1 unspecified atom stereocenters. The van der Waals surface area contributed by atoms with Crippen LogP contribution in [0.2, 0.25) is 0 Å².